The van der Waals surface area contributed by atoms with Crippen LogP contribution in [0, 0.1) is 5.92 Å². The summed E-state index contributed by atoms with van der Waals surface area (Å²) < 4.78 is 0. The zero-order valence-electron chi connectivity index (χ0n) is 20.4. The minimum Gasteiger partial charge on any atom is -0.310 e. The van der Waals surface area contributed by atoms with E-state index in [9.17, 15) is 0 Å². The Morgan fingerprint density at radius 3 is 2.11 bits per heavy atom. The Bertz CT molecular complexity index is 1400. The lowest BCUT2D eigenvalue weighted by Crippen LogP contribution is -2.26. The first-order chi connectivity index (χ1) is 17.1. The van der Waals surface area contributed by atoms with Crippen molar-refractivity contribution in [3.8, 4) is 0 Å². The van der Waals surface area contributed by atoms with E-state index in [0.717, 1.165) is 6.42 Å². The Morgan fingerprint density at radius 2 is 1.31 bits per heavy atom. The van der Waals surface area contributed by atoms with Gasteiger partial charge in [-0.15, -0.1) is 0 Å². The number of nitrogens with zero attached hydrogens (tertiary/aromatic N) is 1. The molecule has 4 aromatic rings. The van der Waals surface area contributed by atoms with E-state index in [1.54, 1.807) is 0 Å². The van der Waals surface area contributed by atoms with Gasteiger partial charge in [0.25, 0.3) is 0 Å². The highest BCUT2D eigenvalue weighted by Gasteiger charge is 2.46. The summed E-state index contributed by atoms with van der Waals surface area (Å²) in [6.45, 7) is 4.84. The van der Waals surface area contributed by atoms with Crippen molar-refractivity contribution in [3.63, 3.8) is 0 Å². The van der Waals surface area contributed by atoms with Gasteiger partial charge in [0.2, 0.25) is 0 Å². The standard InChI is InChI=1S/C34H31N/c1-34(2)30-21-11-10-19-28(30)29-20-13-23-32(33(29)34)35(27-17-7-4-8-18-27)31-22-12-9-16-26(31)24-25-14-5-3-6-15-25/h3-23,28,30H,24H2,1-2H3. The molecule has 2 aliphatic carbocycles. The highest BCUT2D eigenvalue weighted by atomic mass is 15.1. The topological polar surface area (TPSA) is 3.24 Å². The Hall–Kier alpha value is -3.84. The summed E-state index contributed by atoms with van der Waals surface area (Å²) in [7, 11) is 0. The molecule has 0 saturated carbocycles. The van der Waals surface area contributed by atoms with Crippen LogP contribution in [0.3, 0.4) is 0 Å². The molecule has 0 radical (unpaired) electrons. The second kappa shape index (κ2) is 8.74. The van der Waals surface area contributed by atoms with Crippen molar-refractivity contribution in [2.24, 2.45) is 5.92 Å². The van der Waals surface area contributed by atoms with E-state index in [1.807, 2.05) is 0 Å². The normalized spacial score (nSPS) is 19.3. The van der Waals surface area contributed by atoms with Gasteiger partial charge in [0, 0.05) is 17.3 Å². The Balaban J connectivity index is 1.56. The van der Waals surface area contributed by atoms with Gasteiger partial charge in [-0.1, -0.05) is 117 Å². The summed E-state index contributed by atoms with van der Waals surface area (Å²) in [6.07, 6.45) is 10.1. The molecule has 2 atom stereocenters. The van der Waals surface area contributed by atoms with Crippen molar-refractivity contribution < 1.29 is 0 Å². The van der Waals surface area contributed by atoms with E-state index in [4.69, 9.17) is 0 Å². The predicted octanol–water partition coefficient (Wildman–Crippen LogP) is 8.86. The molecule has 0 aliphatic heterocycles. The number of rotatable bonds is 5. The fourth-order valence-corrected chi connectivity index (χ4v) is 6.16. The quantitative estimate of drug-likeness (QED) is 0.292. The Labute approximate surface area is 209 Å². The molecule has 4 aromatic carbocycles. The predicted molar refractivity (Wildman–Crippen MR) is 148 cm³/mol. The van der Waals surface area contributed by atoms with Crippen molar-refractivity contribution in [2.75, 3.05) is 4.90 Å². The number of anilines is 3. The van der Waals surface area contributed by atoms with Crippen molar-refractivity contribution in [1.29, 1.82) is 0 Å². The molecule has 172 valence electrons. The molecule has 0 amide bonds. The Morgan fingerprint density at radius 1 is 0.657 bits per heavy atom. The largest absolute Gasteiger partial charge is 0.310 e. The third-order valence-corrected chi connectivity index (χ3v) is 7.77. The molecule has 35 heavy (non-hydrogen) atoms. The van der Waals surface area contributed by atoms with Crippen LogP contribution in [0.15, 0.2) is 127 Å². The monoisotopic (exact) mass is 453 g/mol. The number of hydrogen-bond acceptors (Lipinski definition) is 1. The summed E-state index contributed by atoms with van der Waals surface area (Å²) in [6, 6.07) is 37.4. The van der Waals surface area contributed by atoms with Crippen LogP contribution in [0.1, 0.15) is 42.0 Å². The van der Waals surface area contributed by atoms with Crippen LogP contribution < -0.4 is 4.90 Å². The minimum atomic E-state index is 0.0270. The van der Waals surface area contributed by atoms with E-state index in [-0.39, 0.29) is 5.41 Å². The van der Waals surface area contributed by atoms with Gasteiger partial charge in [-0.2, -0.15) is 0 Å². The fourth-order valence-electron chi connectivity index (χ4n) is 6.16. The number of hydrogen-bond donors (Lipinski definition) is 0. The van der Waals surface area contributed by atoms with E-state index >= 15 is 0 Å². The van der Waals surface area contributed by atoms with Gasteiger partial charge < -0.3 is 4.90 Å². The number of fused-ring (bicyclic) bond motifs is 3. The van der Waals surface area contributed by atoms with E-state index in [2.05, 4.69) is 146 Å². The molecule has 1 heteroatoms. The smallest absolute Gasteiger partial charge is 0.0502 e. The second-order valence-corrected chi connectivity index (χ2v) is 10.2. The molecule has 0 spiro atoms. The summed E-state index contributed by atoms with van der Waals surface area (Å²) in [5, 5.41) is 0. The molecule has 1 nitrogen and oxygen atoms in total. The average Bonchev–Trinajstić information content (AvgIpc) is 3.14. The molecule has 2 aliphatic rings. The molecule has 2 unspecified atom stereocenters. The van der Waals surface area contributed by atoms with Gasteiger partial charge in [-0.25, -0.2) is 0 Å². The van der Waals surface area contributed by atoms with E-state index in [0.29, 0.717) is 11.8 Å². The molecule has 0 N–H and O–H groups in total. The maximum atomic E-state index is 2.49. The van der Waals surface area contributed by atoms with Gasteiger partial charge in [0.05, 0.1) is 5.69 Å². The number of para-hydroxylation sites is 2. The van der Waals surface area contributed by atoms with Crippen LogP contribution in [0.25, 0.3) is 0 Å². The van der Waals surface area contributed by atoms with Crippen molar-refractivity contribution in [1.82, 2.24) is 0 Å². The van der Waals surface area contributed by atoms with Gasteiger partial charge in [0.15, 0.2) is 0 Å². The maximum absolute atomic E-state index is 2.49. The molecule has 6 rings (SSSR count). The van der Waals surface area contributed by atoms with E-state index < -0.39 is 0 Å². The molecule has 0 bridgehead atoms. The van der Waals surface area contributed by atoms with Crippen LogP contribution >= 0.6 is 0 Å². The average molecular weight is 454 g/mol. The molecule has 0 aromatic heterocycles. The van der Waals surface area contributed by atoms with Gasteiger partial charge >= 0.3 is 0 Å². The van der Waals surface area contributed by atoms with Crippen molar-refractivity contribution in [2.45, 2.75) is 31.6 Å². The van der Waals surface area contributed by atoms with E-state index in [1.165, 1.54) is 39.3 Å². The van der Waals surface area contributed by atoms with Crippen LogP contribution in [0.4, 0.5) is 17.1 Å². The fraction of sp³-hybridized carbons (Fsp3) is 0.176. The lowest BCUT2D eigenvalue weighted by atomic mass is 9.74. The van der Waals surface area contributed by atoms with Crippen LogP contribution in [-0.4, -0.2) is 0 Å². The van der Waals surface area contributed by atoms with Crippen LogP contribution in [0.5, 0.6) is 0 Å². The number of allylic oxidation sites excluding steroid dienone is 4. The zero-order chi connectivity index (χ0) is 23.8. The summed E-state index contributed by atoms with van der Waals surface area (Å²) >= 11 is 0. The molecule has 0 saturated heterocycles. The first kappa shape index (κ1) is 21.7. The second-order valence-electron chi connectivity index (χ2n) is 10.2. The zero-order valence-corrected chi connectivity index (χ0v) is 20.4. The Kier molecular flexibility index (Phi) is 5.41. The van der Waals surface area contributed by atoms with Gasteiger partial charge in [-0.05, 0) is 64.3 Å². The minimum absolute atomic E-state index is 0.0270. The van der Waals surface area contributed by atoms with Crippen LogP contribution in [0.2, 0.25) is 0 Å². The number of benzene rings is 4. The summed E-state index contributed by atoms with van der Waals surface area (Å²) in [5.41, 5.74) is 9.32. The molecular weight excluding hydrogens is 422 g/mol. The van der Waals surface area contributed by atoms with Gasteiger partial charge in [0.1, 0.15) is 0 Å². The van der Waals surface area contributed by atoms with Crippen molar-refractivity contribution in [3.05, 3.63) is 150 Å². The molecular formula is C34H31N. The van der Waals surface area contributed by atoms with Crippen molar-refractivity contribution >= 4 is 17.1 Å². The van der Waals surface area contributed by atoms with Crippen LogP contribution in [-0.2, 0) is 11.8 Å². The first-order valence-corrected chi connectivity index (χ1v) is 12.6. The first-order valence-electron chi connectivity index (χ1n) is 12.6. The highest BCUT2D eigenvalue weighted by molar-refractivity contribution is 5.82. The third-order valence-electron chi connectivity index (χ3n) is 7.77. The van der Waals surface area contributed by atoms with Gasteiger partial charge in [-0.3, -0.25) is 0 Å². The molecule has 0 fully saturated rings. The summed E-state index contributed by atoms with van der Waals surface area (Å²) in [5.74, 6) is 0.906. The third kappa shape index (κ3) is 3.72. The summed E-state index contributed by atoms with van der Waals surface area (Å²) in [4.78, 5) is 2.49. The highest BCUT2D eigenvalue weighted by Crippen LogP contribution is 2.57. The lowest BCUT2D eigenvalue weighted by molar-refractivity contribution is 0.395. The lowest BCUT2D eigenvalue weighted by Gasteiger charge is -2.35. The molecule has 0 heterocycles. The SMILES string of the molecule is CC1(C)c2c(cccc2N(c2ccccc2)c2ccccc2Cc2ccccc2)C2C=CC=CC21. The maximum Gasteiger partial charge on any atom is 0.0502 e.